The average molecular weight is 347 g/mol. The topological polar surface area (TPSA) is 80.7 Å². The van der Waals surface area contributed by atoms with E-state index in [0.29, 0.717) is 30.3 Å². The third-order valence-electron chi connectivity index (χ3n) is 4.82. The number of carbonyl (C=O) groups is 1. The number of ether oxygens (including phenoxy) is 1. The summed E-state index contributed by atoms with van der Waals surface area (Å²) >= 11 is 0. The molecule has 0 aromatic carbocycles. The number of methoxy groups -OCH3 is 1. The molecule has 0 spiro atoms. The zero-order chi connectivity index (χ0) is 17.8. The summed E-state index contributed by atoms with van der Waals surface area (Å²) in [4.78, 5) is 14.0. The van der Waals surface area contributed by atoms with Crippen molar-refractivity contribution in [3.63, 3.8) is 0 Å². The first kappa shape index (κ1) is 17.7. The second-order valence-electron chi connectivity index (χ2n) is 6.43. The summed E-state index contributed by atoms with van der Waals surface area (Å²) in [6.45, 7) is 5.05. The fourth-order valence-corrected chi connectivity index (χ4v) is 3.51. The number of rotatable bonds is 6. The molecule has 136 valence electrons. The van der Waals surface area contributed by atoms with Crippen molar-refractivity contribution in [3.05, 3.63) is 41.1 Å². The minimum atomic E-state index is -0.358. The number of nitrogens with zero attached hydrogens (tertiary/aromatic N) is 3. The number of likely N-dealkylation sites (tertiary alicyclic amines) is 1. The lowest BCUT2D eigenvalue weighted by Gasteiger charge is -2.31. The summed E-state index contributed by atoms with van der Waals surface area (Å²) in [7, 11) is 1.38. The van der Waals surface area contributed by atoms with Gasteiger partial charge in [0, 0.05) is 17.8 Å². The van der Waals surface area contributed by atoms with Crippen molar-refractivity contribution in [2.75, 3.05) is 26.8 Å². The Morgan fingerprint density at radius 2 is 2.20 bits per heavy atom. The van der Waals surface area contributed by atoms with Gasteiger partial charge >= 0.3 is 5.97 Å². The molecule has 1 saturated heterocycles. The number of hydrogen-bond acceptors (Lipinski definition) is 6. The molecule has 1 N–H and O–H groups in total. The van der Waals surface area contributed by atoms with Crippen molar-refractivity contribution >= 4 is 5.97 Å². The zero-order valence-electron chi connectivity index (χ0n) is 14.8. The van der Waals surface area contributed by atoms with Gasteiger partial charge in [-0.3, -0.25) is 9.58 Å². The van der Waals surface area contributed by atoms with Gasteiger partial charge in [0.2, 0.25) is 0 Å². The number of hydrogen-bond donors (Lipinski definition) is 1. The molecule has 2 aromatic rings. The van der Waals surface area contributed by atoms with E-state index in [1.165, 1.54) is 12.8 Å². The Labute approximate surface area is 147 Å². The summed E-state index contributed by atoms with van der Waals surface area (Å²) in [5.41, 5.74) is 1.70. The summed E-state index contributed by atoms with van der Waals surface area (Å²) in [6, 6.07) is 3.83. The first-order chi connectivity index (χ1) is 12.1. The third kappa shape index (κ3) is 3.93. The Kier molecular flexibility index (Phi) is 5.55. The van der Waals surface area contributed by atoms with Crippen LogP contribution in [0.3, 0.4) is 0 Å². The van der Waals surface area contributed by atoms with Gasteiger partial charge in [0.15, 0.2) is 0 Å². The number of esters is 1. The smallest absolute Gasteiger partial charge is 0.341 e. The molecule has 0 amide bonds. The first-order valence-electron chi connectivity index (χ1n) is 8.65. The standard InChI is InChI=1S/C18H25N3O4/c1-13-16(18(23)24-2)11-15(25-13)12-20-7-4-14(5-8-20)17-3-6-19-21(17)9-10-22/h3,6,11,14,22H,4-5,7-10,12H2,1-2H3. The highest BCUT2D eigenvalue weighted by Gasteiger charge is 2.24. The molecule has 1 fully saturated rings. The number of aliphatic hydroxyl groups is 1. The van der Waals surface area contributed by atoms with Gasteiger partial charge in [0.1, 0.15) is 17.1 Å². The molecule has 0 saturated carbocycles. The molecule has 7 nitrogen and oxygen atoms in total. The SMILES string of the molecule is COC(=O)c1cc(CN2CCC(c3ccnn3CCO)CC2)oc1C. The van der Waals surface area contributed by atoms with Crippen LogP contribution in [0.1, 0.15) is 46.3 Å². The second-order valence-corrected chi connectivity index (χ2v) is 6.43. The van der Waals surface area contributed by atoms with Gasteiger partial charge in [0.05, 0.1) is 26.8 Å². The van der Waals surface area contributed by atoms with E-state index in [9.17, 15) is 4.79 Å². The van der Waals surface area contributed by atoms with E-state index in [2.05, 4.69) is 16.1 Å². The van der Waals surface area contributed by atoms with Gasteiger partial charge in [-0.2, -0.15) is 5.10 Å². The molecule has 0 atom stereocenters. The van der Waals surface area contributed by atoms with Crippen molar-refractivity contribution in [2.24, 2.45) is 0 Å². The Hall–Kier alpha value is -2.12. The van der Waals surface area contributed by atoms with Crippen LogP contribution in [-0.2, 0) is 17.8 Å². The fraction of sp³-hybridized carbons (Fsp3) is 0.556. The first-order valence-corrected chi connectivity index (χ1v) is 8.65. The van der Waals surface area contributed by atoms with E-state index in [1.54, 1.807) is 19.2 Å². The minimum absolute atomic E-state index is 0.105. The molecule has 7 heteroatoms. The quantitative estimate of drug-likeness (QED) is 0.805. The summed E-state index contributed by atoms with van der Waals surface area (Å²) in [5, 5.41) is 13.4. The molecular weight excluding hydrogens is 322 g/mol. The predicted octanol–water partition coefficient (Wildman–Crippen LogP) is 1.94. The van der Waals surface area contributed by atoms with Crippen molar-refractivity contribution in [1.82, 2.24) is 14.7 Å². The monoisotopic (exact) mass is 347 g/mol. The summed E-state index contributed by atoms with van der Waals surface area (Å²) in [6.07, 6.45) is 3.89. The molecule has 25 heavy (non-hydrogen) atoms. The Morgan fingerprint density at radius 3 is 2.88 bits per heavy atom. The fourth-order valence-electron chi connectivity index (χ4n) is 3.51. The largest absolute Gasteiger partial charge is 0.465 e. The molecule has 0 radical (unpaired) electrons. The predicted molar refractivity (Wildman–Crippen MR) is 91.3 cm³/mol. The van der Waals surface area contributed by atoms with Crippen LogP contribution < -0.4 is 0 Å². The average Bonchev–Trinajstić information content (AvgIpc) is 3.22. The number of aliphatic hydroxyl groups excluding tert-OH is 1. The Morgan fingerprint density at radius 1 is 1.44 bits per heavy atom. The molecule has 1 aliphatic rings. The summed E-state index contributed by atoms with van der Waals surface area (Å²) in [5.74, 6) is 1.50. The Bertz CT molecular complexity index is 714. The Balaban J connectivity index is 1.58. The van der Waals surface area contributed by atoms with Crippen LogP contribution in [0.5, 0.6) is 0 Å². The van der Waals surface area contributed by atoms with E-state index in [4.69, 9.17) is 14.3 Å². The number of aromatic nitrogens is 2. The molecule has 3 heterocycles. The number of carbonyl (C=O) groups excluding carboxylic acids is 1. The highest BCUT2D eigenvalue weighted by Crippen LogP contribution is 2.29. The molecule has 1 aliphatic heterocycles. The van der Waals surface area contributed by atoms with Crippen LogP contribution >= 0.6 is 0 Å². The molecule has 0 bridgehead atoms. The van der Waals surface area contributed by atoms with Crippen molar-refractivity contribution in [2.45, 2.75) is 38.8 Å². The van der Waals surface area contributed by atoms with Gasteiger partial charge < -0.3 is 14.3 Å². The van der Waals surface area contributed by atoms with E-state index in [0.717, 1.165) is 31.7 Å². The number of furan rings is 1. The molecule has 0 unspecified atom stereocenters. The van der Waals surface area contributed by atoms with Gasteiger partial charge in [-0.05, 0) is 45.0 Å². The molecule has 0 aliphatic carbocycles. The van der Waals surface area contributed by atoms with Crippen LogP contribution in [0.25, 0.3) is 0 Å². The number of piperidine rings is 1. The lowest BCUT2D eigenvalue weighted by atomic mass is 9.93. The second kappa shape index (κ2) is 7.84. The van der Waals surface area contributed by atoms with Crippen molar-refractivity contribution in [1.29, 1.82) is 0 Å². The molecular formula is C18H25N3O4. The lowest BCUT2D eigenvalue weighted by molar-refractivity contribution is 0.0599. The van der Waals surface area contributed by atoms with E-state index >= 15 is 0 Å². The number of aryl methyl sites for hydroxylation is 1. The van der Waals surface area contributed by atoms with Crippen LogP contribution in [0, 0.1) is 6.92 Å². The van der Waals surface area contributed by atoms with Gasteiger partial charge in [-0.15, -0.1) is 0 Å². The van der Waals surface area contributed by atoms with Crippen molar-refractivity contribution in [3.8, 4) is 0 Å². The van der Waals surface area contributed by atoms with E-state index in [1.807, 2.05) is 4.68 Å². The van der Waals surface area contributed by atoms with Crippen LogP contribution in [0.15, 0.2) is 22.7 Å². The lowest BCUT2D eigenvalue weighted by Crippen LogP contribution is -2.33. The van der Waals surface area contributed by atoms with Gasteiger partial charge in [0.25, 0.3) is 0 Å². The third-order valence-corrected chi connectivity index (χ3v) is 4.82. The molecule has 2 aromatic heterocycles. The maximum atomic E-state index is 11.7. The van der Waals surface area contributed by atoms with Gasteiger partial charge in [-0.25, -0.2) is 4.79 Å². The van der Waals surface area contributed by atoms with E-state index in [-0.39, 0.29) is 12.6 Å². The minimum Gasteiger partial charge on any atom is -0.465 e. The van der Waals surface area contributed by atoms with Crippen LogP contribution in [0.2, 0.25) is 0 Å². The summed E-state index contributed by atoms with van der Waals surface area (Å²) < 4.78 is 12.4. The van der Waals surface area contributed by atoms with E-state index < -0.39 is 0 Å². The molecule has 3 rings (SSSR count). The maximum Gasteiger partial charge on any atom is 0.341 e. The van der Waals surface area contributed by atoms with Crippen LogP contribution in [0.4, 0.5) is 0 Å². The highest BCUT2D eigenvalue weighted by atomic mass is 16.5. The maximum absolute atomic E-state index is 11.7. The van der Waals surface area contributed by atoms with Gasteiger partial charge in [-0.1, -0.05) is 0 Å². The van der Waals surface area contributed by atoms with Crippen molar-refractivity contribution < 1.29 is 19.1 Å². The zero-order valence-corrected chi connectivity index (χ0v) is 14.8. The normalized spacial score (nSPS) is 16.3. The van der Waals surface area contributed by atoms with Crippen LogP contribution in [-0.4, -0.2) is 52.6 Å². The highest BCUT2D eigenvalue weighted by molar-refractivity contribution is 5.90.